The van der Waals surface area contributed by atoms with Crippen LogP contribution < -0.4 is 0 Å². The van der Waals surface area contributed by atoms with Gasteiger partial charge in [-0.2, -0.15) is 5.26 Å². The maximum atomic E-state index is 12.9. The van der Waals surface area contributed by atoms with Crippen LogP contribution in [0.4, 0.5) is 5.69 Å². The number of aryl methyl sites for hydroxylation is 1. The first-order chi connectivity index (χ1) is 41.1. The molecule has 0 saturated carbocycles. The number of rotatable bonds is 5. The molecule has 83 heavy (non-hydrogen) atoms. The van der Waals surface area contributed by atoms with Crippen LogP contribution in [-0.2, 0) is 0 Å². The van der Waals surface area contributed by atoms with E-state index in [1.807, 2.05) is 12.1 Å². The molecule has 18 aromatic rings. The lowest BCUT2D eigenvalue weighted by Gasteiger charge is -2.27. The zero-order valence-electron chi connectivity index (χ0n) is 44.5. The van der Waals surface area contributed by atoms with E-state index < -0.39 is 0 Å². The summed E-state index contributed by atoms with van der Waals surface area (Å²) in [4.78, 5) is 4.90. The molecular formula is C75H42N6OS. The quantitative estimate of drug-likeness (QED) is 0.161. The molecule has 0 bridgehead atoms. The zero-order chi connectivity index (χ0) is 54.8. The molecule has 6 heterocycles. The summed E-state index contributed by atoms with van der Waals surface area (Å²) in [6.07, 6.45) is 0. The SMILES string of the molecule is [C-]#[N+]c1c(-n2c3ccccc3c3ccccc32)c(-n2c3ccc(-c4ccccc4)cc3c3ccc4c5ccccc5oc4c32)c(-n2c3ccccc3c3ccccc32)c(C#N)c1-n1c2ccc(C)cc2c2ccc3c4ccccc4sc3c21. The van der Waals surface area contributed by atoms with Crippen molar-refractivity contribution in [3.8, 4) is 39.9 Å². The predicted molar refractivity (Wildman–Crippen MR) is 345 cm³/mol. The molecule has 0 saturated heterocycles. The van der Waals surface area contributed by atoms with Gasteiger partial charge in [-0.25, -0.2) is 4.85 Å². The molecule has 0 aliphatic carbocycles. The number of thiophene rings is 1. The molecule has 0 spiro atoms. The van der Waals surface area contributed by atoms with Crippen molar-refractivity contribution in [3.63, 3.8) is 0 Å². The van der Waals surface area contributed by atoms with E-state index in [-0.39, 0.29) is 0 Å². The second kappa shape index (κ2) is 16.9. The molecule has 0 unspecified atom stereocenters. The number of benzene rings is 12. The molecule has 0 fully saturated rings. The molecule has 6 aromatic heterocycles. The highest BCUT2D eigenvalue weighted by atomic mass is 32.1. The molecular weight excluding hydrogens is 1030 g/mol. The smallest absolute Gasteiger partial charge is 0.237 e. The Hall–Kier alpha value is -11.2. The summed E-state index contributed by atoms with van der Waals surface area (Å²) in [5.74, 6) is 0. The van der Waals surface area contributed by atoms with E-state index in [1.165, 1.54) is 10.1 Å². The molecule has 18 rings (SSSR count). The van der Waals surface area contributed by atoms with Gasteiger partial charge in [0.1, 0.15) is 11.7 Å². The molecule has 0 radical (unpaired) electrons. The third-order valence-corrected chi connectivity index (χ3v) is 18.6. The topological polar surface area (TPSA) is 61.0 Å². The van der Waals surface area contributed by atoms with Crippen LogP contribution in [-0.4, -0.2) is 18.3 Å². The van der Waals surface area contributed by atoms with E-state index in [2.05, 4.69) is 256 Å². The highest BCUT2D eigenvalue weighted by Gasteiger charge is 2.36. The third-order valence-electron chi connectivity index (χ3n) is 17.5. The van der Waals surface area contributed by atoms with Gasteiger partial charge >= 0.3 is 0 Å². The Morgan fingerprint density at radius 3 is 1.55 bits per heavy atom. The largest absolute Gasteiger partial charge is 0.454 e. The van der Waals surface area contributed by atoms with E-state index in [0.717, 1.165) is 130 Å². The fourth-order valence-corrected chi connectivity index (χ4v) is 15.3. The molecule has 0 atom stereocenters. The van der Waals surface area contributed by atoms with Crippen molar-refractivity contribution < 1.29 is 4.42 Å². The fraction of sp³-hybridized carbons (Fsp3) is 0.0133. The second-order valence-electron chi connectivity index (χ2n) is 21.7. The summed E-state index contributed by atoms with van der Waals surface area (Å²) < 4.78 is 18.7. The number of hydrogen-bond acceptors (Lipinski definition) is 3. The maximum Gasteiger partial charge on any atom is 0.237 e. The van der Waals surface area contributed by atoms with Crippen molar-refractivity contribution in [2.75, 3.05) is 0 Å². The molecule has 12 aromatic carbocycles. The van der Waals surface area contributed by atoms with Crippen LogP contribution in [0.25, 0.3) is 168 Å². The minimum absolute atomic E-state index is 0.331. The summed E-state index contributed by atoms with van der Waals surface area (Å²) in [5.41, 5.74) is 15.2. The van der Waals surface area contributed by atoms with Gasteiger partial charge in [0.25, 0.3) is 0 Å². The molecule has 7 nitrogen and oxygen atoms in total. The fourth-order valence-electron chi connectivity index (χ4n) is 14.0. The standard InChI is InChI=1S/C75H42N6OS/c1-43-32-38-63-56(40-43)53-35-37-55-51-25-11-17-31-66(51)83-75(55)71(53)80(63)68-58(42-76)69(78-59-26-12-6-20-46(59)47-21-7-13-27-60(47)78)73(72(67(68)77-2)79-61-28-14-8-22-48(61)49-23-9-15-29-62(49)79)81-64-39-33-45(44-18-4-3-5-19-44)41-57(64)52-34-36-54-50-24-10-16-30-65(50)82-74(54)70(52)81/h3-41H,1H3. The summed E-state index contributed by atoms with van der Waals surface area (Å²) in [6, 6.07) is 86.7. The van der Waals surface area contributed by atoms with Gasteiger partial charge in [-0.15, -0.1) is 11.3 Å². The average molecular weight is 1080 g/mol. The van der Waals surface area contributed by atoms with Gasteiger partial charge in [0, 0.05) is 69.3 Å². The average Bonchev–Trinajstić information content (AvgIpc) is 2.28. The van der Waals surface area contributed by atoms with Gasteiger partial charge in [0.2, 0.25) is 5.69 Å². The highest BCUT2D eigenvalue weighted by molar-refractivity contribution is 7.26. The maximum absolute atomic E-state index is 12.9. The van der Waals surface area contributed by atoms with Crippen molar-refractivity contribution in [1.82, 2.24) is 18.3 Å². The van der Waals surface area contributed by atoms with Crippen LogP contribution in [0.1, 0.15) is 11.1 Å². The molecule has 0 aliphatic rings. The summed E-state index contributed by atoms with van der Waals surface area (Å²) >= 11 is 1.76. The van der Waals surface area contributed by atoms with Gasteiger partial charge in [-0.05, 0) is 84.8 Å². The molecule has 0 N–H and O–H groups in total. The van der Waals surface area contributed by atoms with Crippen LogP contribution in [0, 0.1) is 24.8 Å². The Labute approximate surface area is 477 Å². The molecule has 0 amide bonds. The van der Waals surface area contributed by atoms with Gasteiger partial charge in [-0.1, -0.05) is 175 Å². The van der Waals surface area contributed by atoms with E-state index in [1.54, 1.807) is 11.3 Å². The Morgan fingerprint density at radius 1 is 0.398 bits per heavy atom. The monoisotopic (exact) mass is 1070 g/mol. The highest BCUT2D eigenvalue weighted by Crippen LogP contribution is 2.54. The minimum atomic E-state index is 0.331. The lowest BCUT2D eigenvalue weighted by atomic mass is 10.0. The first kappa shape index (κ1) is 45.7. The Morgan fingerprint density at radius 2 is 0.904 bits per heavy atom. The first-order valence-electron chi connectivity index (χ1n) is 27.8. The number of furan rings is 1. The van der Waals surface area contributed by atoms with Crippen LogP contribution in [0.3, 0.4) is 0 Å². The predicted octanol–water partition coefficient (Wildman–Crippen LogP) is 20.7. The second-order valence-corrected chi connectivity index (χ2v) is 22.8. The van der Waals surface area contributed by atoms with Crippen LogP contribution in [0.15, 0.2) is 241 Å². The molecule has 384 valence electrons. The van der Waals surface area contributed by atoms with Crippen molar-refractivity contribution in [2.24, 2.45) is 0 Å². The number of fused-ring (bicyclic) bond motifs is 20. The van der Waals surface area contributed by atoms with E-state index in [9.17, 15) is 11.8 Å². The number of hydrogen-bond donors (Lipinski definition) is 0. The minimum Gasteiger partial charge on any atom is -0.454 e. The lowest BCUT2D eigenvalue weighted by molar-refractivity contribution is 0.671. The lowest BCUT2D eigenvalue weighted by Crippen LogP contribution is -2.14. The summed E-state index contributed by atoms with van der Waals surface area (Å²) in [7, 11) is 0. The third kappa shape index (κ3) is 6.09. The van der Waals surface area contributed by atoms with E-state index in [0.29, 0.717) is 39.6 Å². The Bertz CT molecular complexity index is 5730. The number of nitriles is 1. The Balaban J connectivity index is 1.17. The van der Waals surface area contributed by atoms with Crippen LogP contribution in [0.5, 0.6) is 0 Å². The van der Waals surface area contributed by atoms with Crippen molar-refractivity contribution in [3.05, 3.63) is 259 Å². The van der Waals surface area contributed by atoms with Crippen molar-refractivity contribution in [2.45, 2.75) is 6.92 Å². The van der Waals surface area contributed by atoms with Gasteiger partial charge in [0.15, 0.2) is 5.58 Å². The molecule has 0 aliphatic heterocycles. The van der Waals surface area contributed by atoms with E-state index >= 15 is 0 Å². The first-order valence-corrected chi connectivity index (χ1v) is 28.7. The summed E-state index contributed by atoms with van der Waals surface area (Å²) in [5, 5.41) is 25.4. The summed E-state index contributed by atoms with van der Waals surface area (Å²) in [6.45, 7) is 12.2. The Kier molecular flexibility index (Phi) is 9.32. The van der Waals surface area contributed by atoms with Crippen LogP contribution in [0.2, 0.25) is 0 Å². The number of nitrogens with zero attached hydrogens (tertiary/aromatic N) is 6. The van der Waals surface area contributed by atoms with Gasteiger partial charge in [-0.3, -0.25) is 0 Å². The number of para-hydroxylation sites is 5. The van der Waals surface area contributed by atoms with Crippen LogP contribution >= 0.6 is 11.3 Å². The zero-order valence-corrected chi connectivity index (χ0v) is 45.3. The van der Waals surface area contributed by atoms with Crippen molar-refractivity contribution >= 4 is 146 Å². The van der Waals surface area contributed by atoms with E-state index in [4.69, 9.17) is 9.26 Å². The van der Waals surface area contributed by atoms with Gasteiger partial charge < -0.3 is 22.7 Å². The molecule has 8 heteroatoms. The van der Waals surface area contributed by atoms with Gasteiger partial charge in [0.05, 0.1) is 83.7 Å². The van der Waals surface area contributed by atoms with Crippen molar-refractivity contribution in [1.29, 1.82) is 5.26 Å². The number of aromatic nitrogens is 4. The normalized spacial score (nSPS) is 12.1.